The molecule has 0 atom stereocenters. The Hall–Kier alpha value is -1.93. The highest BCUT2D eigenvalue weighted by molar-refractivity contribution is 7.98. The van der Waals surface area contributed by atoms with Gasteiger partial charge in [0, 0.05) is 7.05 Å². The van der Waals surface area contributed by atoms with E-state index < -0.39 is 17.6 Å². The van der Waals surface area contributed by atoms with Crippen LogP contribution in [-0.4, -0.2) is 33.4 Å². The number of fused-ring (bicyclic) bond motifs is 1. The Morgan fingerprint density at radius 2 is 1.96 bits per heavy atom. The topological polar surface area (TPSA) is 85.2 Å². The van der Waals surface area contributed by atoms with Crippen LogP contribution in [0.25, 0.3) is 11.0 Å². The summed E-state index contributed by atoms with van der Waals surface area (Å²) >= 11 is 7.69. The molecule has 1 aromatic heterocycles. The second kappa shape index (κ2) is 6.90. The summed E-state index contributed by atoms with van der Waals surface area (Å²) in [5.74, 6) is -0.552. The molecule has 2 amide bonds. The average molecular weight is 371 g/mol. The summed E-state index contributed by atoms with van der Waals surface area (Å²) in [6.07, 6.45) is 1.16. The van der Waals surface area contributed by atoms with Crippen molar-refractivity contribution in [3.63, 3.8) is 0 Å². The molecule has 7 nitrogen and oxygen atoms in total. The molecule has 0 saturated carbocycles. The summed E-state index contributed by atoms with van der Waals surface area (Å²) in [5.41, 5.74) is 5.49. The Labute approximate surface area is 149 Å². The Kier molecular flexibility index (Phi) is 5.29. The van der Waals surface area contributed by atoms with Gasteiger partial charge in [-0.1, -0.05) is 23.4 Å². The number of nitrogens with one attached hydrogen (secondary N) is 2. The highest BCUT2D eigenvalue weighted by Crippen LogP contribution is 2.27. The van der Waals surface area contributed by atoms with Crippen molar-refractivity contribution >= 4 is 46.4 Å². The first kappa shape index (κ1) is 18.4. The maximum absolute atomic E-state index is 12.2. The van der Waals surface area contributed by atoms with Crippen molar-refractivity contribution in [3.05, 3.63) is 22.7 Å². The third-order valence-corrected chi connectivity index (χ3v) is 4.08. The lowest BCUT2D eigenvalue weighted by molar-refractivity contribution is 0.0483. The van der Waals surface area contributed by atoms with E-state index in [1.54, 1.807) is 32.9 Å². The number of ether oxygens (including phenoxy) is 1. The molecule has 0 bridgehead atoms. The van der Waals surface area contributed by atoms with Gasteiger partial charge in [0.2, 0.25) is 0 Å². The molecule has 0 radical (unpaired) electrons. The van der Waals surface area contributed by atoms with Crippen LogP contribution in [-0.2, 0) is 11.8 Å². The average Bonchev–Trinajstić information content (AvgIpc) is 2.78. The van der Waals surface area contributed by atoms with Gasteiger partial charge in [0.1, 0.15) is 5.60 Å². The van der Waals surface area contributed by atoms with Crippen LogP contribution >= 0.6 is 23.4 Å². The Morgan fingerprint density at radius 3 is 2.54 bits per heavy atom. The Morgan fingerprint density at radius 1 is 1.29 bits per heavy atom. The van der Waals surface area contributed by atoms with Gasteiger partial charge in [-0.3, -0.25) is 10.2 Å². The molecule has 2 rings (SSSR count). The summed E-state index contributed by atoms with van der Waals surface area (Å²) in [4.78, 5) is 28.2. The number of imidazole rings is 1. The van der Waals surface area contributed by atoms with Crippen LogP contribution in [0.4, 0.5) is 4.79 Å². The number of hydrogen-bond acceptors (Lipinski definition) is 5. The third kappa shape index (κ3) is 4.12. The van der Waals surface area contributed by atoms with E-state index in [0.717, 1.165) is 10.7 Å². The fourth-order valence-corrected chi connectivity index (χ4v) is 2.83. The fourth-order valence-electron chi connectivity index (χ4n) is 2.03. The van der Waals surface area contributed by atoms with Gasteiger partial charge in [-0.15, -0.1) is 0 Å². The molecule has 1 heterocycles. The lowest BCUT2D eigenvalue weighted by Crippen LogP contribution is -2.44. The molecule has 1 aromatic carbocycles. The van der Waals surface area contributed by atoms with Gasteiger partial charge in [0.05, 0.1) is 21.6 Å². The molecule has 0 aliphatic carbocycles. The predicted octanol–water partition coefficient (Wildman–Crippen LogP) is 3.12. The van der Waals surface area contributed by atoms with E-state index in [4.69, 9.17) is 16.3 Å². The van der Waals surface area contributed by atoms with Crippen LogP contribution in [0.15, 0.2) is 17.3 Å². The minimum absolute atomic E-state index is 0.214. The van der Waals surface area contributed by atoms with E-state index in [1.165, 1.54) is 11.8 Å². The number of carbonyl (C=O) groups excluding carboxylic acids is 2. The van der Waals surface area contributed by atoms with Crippen LogP contribution in [0.3, 0.4) is 0 Å². The molecule has 0 aliphatic heterocycles. The van der Waals surface area contributed by atoms with Crippen molar-refractivity contribution in [1.82, 2.24) is 20.4 Å². The molecule has 0 spiro atoms. The van der Waals surface area contributed by atoms with Gasteiger partial charge in [-0.25, -0.2) is 15.2 Å². The van der Waals surface area contributed by atoms with Gasteiger partial charge < -0.3 is 9.30 Å². The molecule has 0 aliphatic rings. The largest absolute Gasteiger partial charge is 0.443 e. The molecule has 9 heteroatoms. The smallest absolute Gasteiger partial charge is 0.426 e. The molecule has 2 aromatic rings. The zero-order chi connectivity index (χ0) is 18.1. The first-order chi connectivity index (χ1) is 11.1. The maximum atomic E-state index is 12.2. The number of aryl methyl sites for hydroxylation is 1. The van der Waals surface area contributed by atoms with Gasteiger partial charge >= 0.3 is 6.09 Å². The highest BCUT2D eigenvalue weighted by atomic mass is 35.5. The van der Waals surface area contributed by atoms with Crippen molar-refractivity contribution in [2.24, 2.45) is 7.05 Å². The number of halogens is 1. The number of carbonyl (C=O) groups is 2. The summed E-state index contributed by atoms with van der Waals surface area (Å²) in [6.45, 7) is 5.18. The number of rotatable bonds is 2. The first-order valence-electron chi connectivity index (χ1n) is 7.11. The van der Waals surface area contributed by atoms with Crippen molar-refractivity contribution in [3.8, 4) is 0 Å². The number of amides is 2. The van der Waals surface area contributed by atoms with Crippen LogP contribution in [0, 0.1) is 0 Å². The summed E-state index contributed by atoms with van der Waals surface area (Å²) in [6, 6.07) is 3.26. The number of thioether (sulfide) groups is 1. The lowest BCUT2D eigenvalue weighted by atomic mass is 10.2. The SMILES string of the molecule is CSc1nc2cc(C(=O)NNC(=O)OC(C)(C)C)c(Cl)cc2n1C. The van der Waals surface area contributed by atoms with E-state index in [0.29, 0.717) is 5.52 Å². The lowest BCUT2D eigenvalue weighted by Gasteiger charge is -2.19. The second-order valence-corrected chi connectivity index (χ2v) is 7.24. The number of hydrogen-bond donors (Lipinski definition) is 2. The fraction of sp³-hybridized carbons (Fsp3) is 0.400. The minimum atomic E-state index is -0.754. The number of hydrazine groups is 1. The van der Waals surface area contributed by atoms with Crippen molar-refractivity contribution in [2.75, 3.05) is 6.26 Å². The van der Waals surface area contributed by atoms with E-state index in [2.05, 4.69) is 15.8 Å². The predicted molar refractivity (Wildman–Crippen MR) is 94.3 cm³/mol. The van der Waals surface area contributed by atoms with E-state index in [9.17, 15) is 9.59 Å². The number of benzene rings is 1. The van der Waals surface area contributed by atoms with Crippen molar-refractivity contribution in [2.45, 2.75) is 31.5 Å². The molecule has 0 fully saturated rings. The molecule has 24 heavy (non-hydrogen) atoms. The van der Waals surface area contributed by atoms with Crippen LogP contribution in [0.2, 0.25) is 5.02 Å². The molecular weight excluding hydrogens is 352 g/mol. The van der Waals surface area contributed by atoms with Gasteiger partial charge in [-0.2, -0.15) is 0 Å². The molecule has 0 saturated heterocycles. The van der Waals surface area contributed by atoms with E-state index in [-0.39, 0.29) is 10.6 Å². The quantitative estimate of drug-likeness (QED) is 0.626. The standard InChI is InChI=1S/C15H19ClN4O3S/c1-15(2,3)23-14(22)19-18-12(21)8-6-10-11(7-9(8)16)20(4)13(17-10)24-5/h6-7H,1-5H3,(H,18,21)(H,19,22). The summed E-state index contributed by atoms with van der Waals surface area (Å²) in [7, 11) is 1.88. The summed E-state index contributed by atoms with van der Waals surface area (Å²) in [5, 5.41) is 1.08. The van der Waals surface area contributed by atoms with Gasteiger partial charge in [0.25, 0.3) is 5.91 Å². The molecule has 130 valence electrons. The van der Waals surface area contributed by atoms with Crippen LogP contribution in [0.5, 0.6) is 0 Å². The third-order valence-electron chi connectivity index (χ3n) is 3.03. The monoisotopic (exact) mass is 370 g/mol. The summed E-state index contributed by atoms with van der Waals surface area (Å²) < 4.78 is 6.94. The van der Waals surface area contributed by atoms with Crippen molar-refractivity contribution < 1.29 is 14.3 Å². The van der Waals surface area contributed by atoms with Gasteiger partial charge in [0.15, 0.2) is 5.16 Å². The second-order valence-electron chi connectivity index (χ2n) is 6.06. The zero-order valence-corrected chi connectivity index (χ0v) is 15.6. The van der Waals surface area contributed by atoms with Gasteiger partial charge in [-0.05, 0) is 39.2 Å². The zero-order valence-electron chi connectivity index (χ0n) is 14.1. The molecule has 2 N–H and O–H groups in total. The highest BCUT2D eigenvalue weighted by Gasteiger charge is 2.19. The van der Waals surface area contributed by atoms with E-state index >= 15 is 0 Å². The normalized spacial score (nSPS) is 11.4. The van der Waals surface area contributed by atoms with Crippen LogP contribution in [0.1, 0.15) is 31.1 Å². The Bertz CT molecular complexity index is 798. The number of nitrogens with zero attached hydrogens (tertiary/aromatic N) is 2. The van der Waals surface area contributed by atoms with E-state index in [1.807, 2.05) is 17.9 Å². The maximum Gasteiger partial charge on any atom is 0.426 e. The first-order valence-corrected chi connectivity index (χ1v) is 8.72. The van der Waals surface area contributed by atoms with Crippen LogP contribution < -0.4 is 10.9 Å². The van der Waals surface area contributed by atoms with Crippen molar-refractivity contribution in [1.29, 1.82) is 0 Å². The molecular formula is C15H19ClN4O3S. The Balaban J connectivity index is 2.18. The number of aromatic nitrogens is 2. The molecule has 0 unspecified atom stereocenters. The minimum Gasteiger partial charge on any atom is -0.443 e.